The van der Waals surface area contributed by atoms with E-state index in [0.717, 1.165) is 5.56 Å². The number of carbonyl (C=O) groups excluding carboxylic acids is 1. The number of sulfonamides is 1. The van der Waals surface area contributed by atoms with Crippen molar-refractivity contribution in [3.05, 3.63) is 29.8 Å². The van der Waals surface area contributed by atoms with Crippen LogP contribution in [0.15, 0.2) is 29.2 Å². The van der Waals surface area contributed by atoms with Crippen LogP contribution in [0.25, 0.3) is 0 Å². The maximum atomic E-state index is 12.6. The van der Waals surface area contributed by atoms with Crippen molar-refractivity contribution in [3.8, 4) is 0 Å². The van der Waals surface area contributed by atoms with Gasteiger partial charge in [0.2, 0.25) is 15.9 Å². The van der Waals surface area contributed by atoms with Crippen molar-refractivity contribution >= 4 is 21.9 Å². The molecule has 1 aromatic rings. The molecule has 7 nitrogen and oxygen atoms in total. The van der Waals surface area contributed by atoms with Crippen LogP contribution in [0.1, 0.15) is 32.3 Å². The number of hydrogen-bond donors (Lipinski definition) is 2. The van der Waals surface area contributed by atoms with Crippen LogP contribution in [0.3, 0.4) is 0 Å². The minimum atomic E-state index is -3.57. The topological polar surface area (TPSA) is 104 Å². The zero-order valence-corrected chi connectivity index (χ0v) is 15.5. The standard InChI is InChI=1S/C17H24N2O5S/c1-12-4-6-14(7-5-12)25(23,24)19-10-8-13(9-11-19)15(20)18-17(2,3)16(21)22/h4-7,13H,8-11H2,1-3H3,(H,18,20)(H,21,22). The molecule has 1 aliphatic rings. The van der Waals surface area contributed by atoms with E-state index in [0.29, 0.717) is 12.8 Å². The lowest BCUT2D eigenvalue weighted by molar-refractivity contribution is -0.146. The monoisotopic (exact) mass is 368 g/mol. The number of aryl methyl sites for hydroxylation is 1. The van der Waals surface area contributed by atoms with Crippen molar-refractivity contribution in [1.82, 2.24) is 9.62 Å². The molecule has 0 spiro atoms. The number of nitrogens with zero attached hydrogens (tertiary/aromatic N) is 1. The van der Waals surface area contributed by atoms with E-state index in [-0.39, 0.29) is 29.8 Å². The predicted octanol–water partition coefficient (Wildman–Crippen LogP) is 1.38. The van der Waals surface area contributed by atoms with Gasteiger partial charge in [-0.05, 0) is 45.7 Å². The van der Waals surface area contributed by atoms with Gasteiger partial charge in [-0.15, -0.1) is 0 Å². The van der Waals surface area contributed by atoms with Crippen LogP contribution in [-0.2, 0) is 19.6 Å². The van der Waals surface area contributed by atoms with Crippen LogP contribution in [-0.4, -0.2) is 48.3 Å². The highest BCUT2D eigenvalue weighted by Crippen LogP contribution is 2.24. The molecule has 1 heterocycles. The van der Waals surface area contributed by atoms with E-state index in [1.54, 1.807) is 24.3 Å². The Morgan fingerprint density at radius 1 is 1.16 bits per heavy atom. The molecule has 8 heteroatoms. The molecule has 0 unspecified atom stereocenters. The molecule has 0 radical (unpaired) electrons. The number of benzene rings is 1. The Morgan fingerprint density at radius 2 is 1.68 bits per heavy atom. The SMILES string of the molecule is Cc1ccc(S(=O)(=O)N2CCC(C(=O)NC(C)(C)C(=O)O)CC2)cc1. The molecule has 0 saturated carbocycles. The van der Waals surface area contributed by atoms with Crippen molar-refractivity contribution in [2.75, 3.05) is 13.1 Å². The van der Waals surface area contributed by atoms with Gasteiger partial charge in [-0.1, -0.05) is 17.7 Å². The van der Waals surface area contributed by atoms with Crippen LogP contribution < -0.4 is 5.32 Å². The van der Waals surface area contributed by atoms with E-state index >= 15 is 0 Å². The summed E-state index contributed by atoms with van der Waals surface area (Å²) in [6.07, 6.45) is 0.735. The first kappa shape index (κ1) is 19.4. The number of rotatable bonds is 5. The fraction of sp³-hybridized carbons (Fsp3) is 0.529. The Bertz CT molecular complexity index is 748. The van der Waals surface area contributed by atoms with Gasteiger partial charge in [0.05, 0.1) is 4.90 Å². The summed E-state index contributed by atoms with van der Waals surface area (Å²) in [5.41, 5.74) is -0.363. The zero-order chi connectivity index (χ0) is 18.8. The lowest BCUT2D eigenvalue weighted by Gasteiger charge is -2.32. The second kappa shape index (κ2) is 7.13. The summed E-state index contributed by atoms with van der Waals surface area (Å²) in [6.45, 7) is 5.21. The third-order valence-electron chi connectivity index (χ3n) is 4.45. The van der Waals surface area contributed by atoms with Crippen LogP contribution in [0.2, 0.25) is 0 Å². The van der Waals surface area contributed by atoms with Crippen LogP contribution in [0, 0.1) is 12.8 Å². The number of carbonyl (C=O) groups is 2. The Labute approximate surface area is 148 Å². The van der Waals surface area contributed by atoms with Crippen molar-refractivity contribution < 1.29 is 23.1 Å². The Balaban J connectivity index is 2.00. The van der Waals surface area contributed by atoms with E-state index < -0.39 is 21.5 Å². The first-order valence-corrected chi connectivity index (χ1v) is 9.60. The molecule has 1 amide bonds. The number of amides is 1. The number of piperidine rings is 1. The van der Waals surface area contributed by atoms with Crippen molar-refractivity contribution in [2.24, 2.45) is 5.92 Å². The number of carboxylic acid groups (broad SMARTS) is 1. The van der Waals surface area contributed by atoms with Crippen LogP contribution in [0.5, 0.6) is 0 Å². The quantitative estimate of drug-likeness (QED) is 0.817. The van der Waals surface area contributed by atoms with E-state index in [4.69, 9.17) is 5.11 Å². The van der Waals surface area contributed by atoms with E-state index in [1.807, 2.05) is 6.92 Å². The summed E-state index contributed by atoms with van der Waals surface area (Å²) in [6, 6.07) is 6.67. The van der Waals surface area contributed by atoms with Gasteiger partial charge in [-0.25, -0.2) is 13.2 Å². The smallest absolute Gasteiger partial charge is 0.328 e. The molecule has 138 valence electrons. The van der Waals surface area contributed by atoms with Gasteiger partial charge < -0.3 is 10.4 Å². The molecule has 1 aliphatic heterocycles. The van der Waals surface area contributed by atoms with Gasteiger partial charge >= 0.3 is 5.97 Å². The highest BCUT2D eigenvalue weighted by molar-refractivity contribution is 7.89. The second-order valence-electron chi connectivity index (χ2n) is 6.91. The molecular weight excluding hydrogens is 344 g/mol. The van der Waals surface area contributed by atoms with Gasteiger partial charge in [0.25, 0.3) is 0 Å². The van der Waals surface area contributed by atoms with Crippen LogP contribution in [0.4, 0.5) is 0 Å². The molecular formula is C17H24N2O5S. The van der Waals surface area contributed by atoms with Gasteiger partial charge in [0, 0.05) is 19.0 Å². The third kappa shape index (κ3) is 4.38. The molecule has 0 bridgehead atoms. The Hall–Kier alpha value is -1.93. The van der Waals surface area contributed by atoms with Gasteiger partial charge in [0.15, 0.2) is 0 Å². The molecule has 1 saturated heterocycles. The van der Waals surface area contributed by atoms with Crippen molar-refractivity contribution in [1.29, 1.82) is 0 Å². The zero-order valence-electron chi connectivity index (χ0n) is 14.7. The lowest BCUT2D eigenvalue weighted by atomic mass is 9.95. The predicted molar refractivity (Wildman–Crippen MR) is 92.5 cm³/mol. The summed E-state index contributed by atoms with van der Waals surface area (Å²) >= 11 is 0. The van der Waals surface area contributed by atoms with Crippen LogP contribution >= 0.6 is 0 Å². The number of aliphatic carboxylic acids is 1. The van der Waals surface area contributed by atoms with E-state index in [2.05, 4.69) is 5.32 Å². The largest absolute Gasteiger partial charge is 0.480 e. The highest BCUT2D eigenvalue weighted by atomic mass is 32.2. The maximum Gasteiger partial charge on any atom is 0.328 e. The molecule has 1 aromatic carbocycles. The van der Waals surface area contributed by atoms with Gasteiger partial charge in [0.1, 0.15) is 5.54 Å². The molecule has 2 N–H and O–H groups in total. The highest BCUT2D eigenvalue weighted by Gasteiger charge is 2.35. The maximum absolute atomic E-state index is 12.6. The molecule has 0 aliphatic carbocycles. The minimum Gasteiger partial charge on any atom is -0.480 e. The first-order valence-electron chi connectivity index (χ1n) is 8.16. The average Bonchev–Trinajstić information content (AvgIpc) is 2.55. The lowest BCUT2D eigenvalue weighted by Crippen LogP contribution is -2.53. The summed E-state index contributed by atoms with van der Waals surface area (Å²) in [7, 11) is -3.57. The normalized spacial score (nSPS) is 17.2. The summed E-state index contributed by atoms with van der Waals surface area (Å²) in [5, 5.41) is 11.6. The second-order valence-corrected chi connectivity index (χ2v) is 8.85. The van der Waals surface area contributed by atoms with E-state index in [9.17, 15) is 18.0 Å². The third-order valence-corrected chi connectivity index (χ3v) is 6.37. The van der Waals surface area contributed by atoms with Gasteiger partial charge in [-0.2, -0.15) is 4.31 Å². The average molecular weight is 368 g/mol. The molecule has 0 aromatic heterocycles. The molecule has 1 fully saturated rings. The Morgan fingerprint density at radius 3 is 2.16 bits per heavy atom. The molecule has 0 atom stereocenters. The van der Waals surface area contributed by atoms with Crippen molar-refractivity contribution in [2.45, 2.75) is 44.0 Å². The number of nitrogens with one attached hydrogen (secondary N) is 1. The molecule has 25 heavy (non-hydrogen) atoms. The fourth-order valence-corrected chi connectivity index (χ4v) is 4.15. The van der Waals surface area contributed by atoms with E-state index in [1.165, 1.54) is 18.2 Å². The molecule has 2 rings (SSSR count). The summed E-state index contributed by atoms with van der Waals surface area (Å²) in [5.74, 6) is -1.84. The fourth-order valence-electron chi connectivity index (χ4n) is 2.68. The summed E-state index contributed by atoms with van der Waals surface area (Å²) < 4.78 is 26.7. The van der Waals surface area contributed by atoms with Gasteiger partial charge in [-0.3, -0.25) is 4.79 Å². The minimum absolute atomic E-state index is 0.238. The first-order chi connectivity index (χ1) is 11.5. The number of hydrogen-bond acceptors (Lipinski definition) is 4. The Kier molecular flexibility index (Phi) is 5.53. The summed E-state index contributed by atoms with van der Waals surface area (Å²) in [4.78, 5) is 23.6. The number of carboxylic acids is 1. The van der Waals surface area contributed by atoms with Crippen molar-refractivity contribution in [3.63, 3.8) is 0 Å².